The van der Waals surface area contributed by atoms with Crippen LogP contribution in [0.3, 0.4) is 0 Å². The molecule has 0 bridgehead atoms. The van der Waals surface area contributed by atoms with Crippen LogP contribution in [0.1, 0.15) is 64.3 Å². The molecule has 4 rings (SSSR count). The van der Waals surface area contributed by atoms with Gasteiger partial charge < -0.3 is 39.3 Å². The number of amides is 2. The Morgan fingerprint density at radius 3 is 2.14 bits per heavy atom. The molecular weight excluding hydrogens is 769 g/mol. The number of carbonyl (C=O) groups is 4. The van der Waals surface area contributed by atoms with Crippen LogP contribution < -0.4 is 15.4 Å². The van der Waals surface area contributed by atoms with E-state index < -0.39 is 47.4 Å². The first kappa shape index (κ1) is 39.0. The SMILES string of the molecule is COC(=O)[C@H](NC(=O)OC(C)(C)C)c1cc(I)c(OC)c(-c2ccc3c(C[C@@H](NC(=O)OCc4ccccc4)C(=O)OC(C)(C)C)c[nH]c3c2)c1. The molecule has 0 saturated heterocycles. The minimum absolute atomic E-state index is 0.0462. The number of hydrogen-bond donors (Lipinski definition) is 3. The molecule has 13 heteroatoms. The highest BCUT2D eigenvalue weighted by Gasteiger charge is 2.30. The normalized spacial score (nSPS) is 12.7. The maximum Gasteiger partial charge on any atom is 0.408 e. The fourth-order valence-corrected chi connectivity index (χ4v) is 6.11. The number of esters is 2. The molecular formula is C38H44IN3O9. The molecule has 51 heavy (non-hydrogen) atoms. The summed E-state index contributed by atoms with van der Waals surface area (Å²) in [6.07, 6.45) is 0.389. The second-order valence-electron chi connectivity index (χ2n) is 13.8. The molecule has 2 atom stereocenters. The van der Waals surface area contributed by atoms with Crippen molar-refractivity contribution in [2.24, 2.45) is 0 Å². The Hall–Kier alpha value is -4.79. The molecule has 4 aromatic rings. The van der Waals surface area contributed by atoms with Gasteiger partial charge in [0.1, 0.15) is 29.6 Å². The van der Waals surface area contributed by atoms with Gasteiger partial charge in [0.25, 0.3) is 0 Å². The van der Waals surface area contributed by atoms with Crippen LogP contribution in [0.15, 0.2) is 66.9 Å². The van der Waals surface area contributed by atoms with Crippen LogP contribution in [0.4, 0.5) is 9.59 Å². The molecule has 3 aromatic carbocycles. The maximum absolute atomic E-state index is 13.3. The topological polar surface area (TPSA) is 154 Å². The minimum atomic E-state index is -1.15. The van der Waals surface area contributed by atoms with Gasteiger partial charge in [-0.15, -0.1) is 0 Å². The standard InChI is InChI=1S/C38H44IN3O9/c1-37(2,3)50-33(43)30(41-35(45)49-21-22-12-10-9-11-13-22)19-25-20-40-29-18-23(14-15-26(25)29)27-16-24(17-28(39)32(27)47-7)31(34(44)48-8)42-36(46)51-38(4,5)6/h9-18,20,30-31,40H,19,21H2,1-8H3,(H,41,45)(H,42,46)/t30-,31-/m1/s1. The van der Waals surface area contributed by atoms with Crippen LogP contribution in [0.2, 0.25) is 0 Å². The van der Waals surface area contributed by atoms with Crippen molar-refractivity contribution in [2.75, 3.05) is 14.2 Å². The van der Waals surface area contributed by atoms with E-state index in [0.717, 1.165) is 27.6 Å². The first-order chi connectivity index (χ1) is 24.0. The van der Waals surface area contributed by atoms with E-state index in [1.54, 1.807) is 67.0 Å². The molecule has 0 aliphatic carbocycles. The van der Waals surface area contributed by atoms with Crippen LogP contribution in [-0.4, -0.2) is 60.6 Å². The molecule has 0 aliphatic rings. The number of H-pyrrole nitrogens is 1. The monoisotopic (exact) mass is 813 g/mol. The first-order valence-electron chi connectivity index (χ1n) is 16.2. The van der Waals surface area contributed by atoms with Crippen LogP contribution >= 0.6 is 22.6 Å². The van der Waals surface area contributed by atoms with Gasteiger partial charge in [-0.2, -0.15) is 0 Å². The molecule has 0 spiro atoms. The van der Waals surface area contributed by atoms with Crippen LogP contribution in [0.5, 0.6) is 5.75 Å². The van der Waals surface area contributed by atoms with Crippen LogP contribution in [-0.2, 0) is 41.6 Å². The smallest absolute Gasteiger partial charge is 0.408 e. The third kappa shape index (κ3) is 10.8. The number of alkyl carbamates (subject to hydrolysis) is 2. The molecule has 12 nitrogen and oxygen atoms in total. The van der Waals surface area contributed by atoms with Crippen molar-refractivity contribution in [1.82, 2.24) is 15.6 Å². The molecule has 0 aliphatic heterocycles. The van der Waals surface area contributed by atoms with Crippen molar-refractivity contribution in [2.45, 2.75) is 77.9 Å². The lowest BCUT2D eigenvalue weighted by atomic mass is 9.96. The van der Waals surface area contributed by atoms with Crippen LogP contribution in [0.25, 0.3) is 22.0 Å². The summed E-state index contributed by atoms with van der Waals surface area (Å²) in [6.45, 7) is 10.5. The number of ether oxygens (including phenoxy) is 5. The summed E-state index contributed by atoms with van der Waals surface area (Å²) in [4.78, 5) is 54.9. The maximum atomic E-state index is 13.3. The van der Waals surface area contributed by atoms with E-state index in [-0.39, 0.29) is 13.0 Å². The highest BCUT2D eigenvalue weighted by molar-refractivity contribution is 14.1. The Balaban J connectivity index is 1.64. The van der Waals surface area contributed by atoms with E-state index in [4.69, 9.17) is 23.7 Å². The number of aromatic amines is 1. The van der Waals surface area contributed by atoms with E-state index in [1.165, 1.54) is 7.11 Å². The number of halogens is 1. The van der Waals surface area contributed by atoms with Gasteiger partial charge in [0.15, 0.2) is 6.04 Å². The Bertz CT molecular complexity index is 1880. The minimum Gasteiger partial charge on any atom is -0.495 e. The van der Waals surface area contributed by atoms with E-state index in [2.05, 4.69) is 38.2 Å². The Morgan fingerprint density at radius 1 is 0.824 bits per heavy atom. The Kier molecular flexibility index (Phi) is 12.6. The second-order valence-corrected chi connectivity index (χ2v) is 14.9. The number of fused-ring (bicyclic) bond motifs is 1. The van der Waals surface area contributed by atoms with Gasteiger partial charge in [-0.05, 0) is 105 Å². The summed E-state index contributed by atoms with van der Waals surface area (Å²) in [5.74, 6) is -0.703. The number of hydrogen-bond acceptors (Lipinski definition) is 9. The Labute approximate surface area is 311 Å². The highest BCUT2D eigenvalue weighted by Crippen LogP contribution is 2.38. The number of methoxy groups -OCH3 is 2. The van der Waals surface area contributed by atoms with Crippen molar-refractivity contribution in [3.8, 4) is 16.9 Å². The van der Waals surface area contributed by atoms with Crippen molar-refractivity contribution >= 4 is 57.6 Å². The first-order valence-corrected chi connectivity index (χ1v) is 17.3. The zero-order chi connectivity index (χ0) is 37.5. The fraction of sp³-hybridized carbons (Fsp3) is 0.368. The molecule has 1 heterocycles. The average molecular weight is 814 g/mol. The van der Waals surface area contributed by atoms with Crippen LogP contribution in [0, 0.1) is 3.57 Å². The lowest BCUT2D eigenvalue weighted by molar-refractivity contribution is -0.157. The fourth-order valence-electron chi connectivity index (χ4n) is 5.24. The summed E-state index contributed by atoms with van der Waals surface area (Å²) in [5.41, 5.74) is 2.64. The molecule has 0 saturated carbocycles. The van der Waals surface area contributed by atoms with Gasteiger partial charge in [-0.25, -0.2) is 19.2 Å². The van der Waals surface area contributed by atoms with Crippen molar-refractivity contribution in [3.05, 3.63) is 87.1 Å². The number of benzene rings is 3. The molecule has 2 amide bonds. The zero-order valence-electron chi connectivity index (χ0n) is 30.0. The molecule has 272 valence electrons. The summed E-state index contributed by atoms with van der Waals surface area (Å²) in [5, 5.41) is 6.12. The third-order valence-electron chi connectivity index (χ3n) is 7.40. The zero-order valence-corrected chi connectivity index (χ0v) is 32.1. The summed E-state index contributed by atoms with van der Waals surface area (Å²) in [7, 11) is 2.80. The summed E-state index contributed by atoms with van der Waals surface area (Å²) in [6, 6.07) is 16.2. The summed E-state index contributed by atoms with van der Waals surface area (Å²) < 4.78 is 27.9. The molecule has 0 radical (unpaired) electrons. The number of aromatic nitrogens is 1. The van der Waals surface area contributed by atoms with E-state index in [9.17, 15) is 19.2 Å². The average Bonchev–Trinajstić information content (AvgIpc) is 3.45. The van der Waals surface area contributed by atoms with E-state index >= 15 is 0 Å². The molecule has 3 N–H and O–H groups in total. The van der Waals surface area contributed by atoms with Gasteiger partial charge in [0.05, 0.1) is 17.8 Å². The number of nitrogens with one attached hydrogen (secondary N) is 3. The lowest BCUT2D eigenvalue weighted by Gasteiger charge is -2.24. The third-order valence-corrected chi connectivity index (χ3v) is 8.20. The lowest BCUT2D eigenvalue weighted by Crippen LogP contribution is -2.45. The van der Waals surface area contributed by atoms with Gasteiger partial charge >= 0.3 is 24.1 Å². The molecule has 1 aromatic heterocycles. The number of carbonyl (C=O) groups excluding carboxylic acids is 4. The van der Waals surface area contributed by atoms with Gasteiger partial charge in [0.2, 0.25) is 0 Å². The predicted octanol–water partition coefficient (Wildman–Crippen LogP) is 7.37. The number of rotatable bonds is 11. The van der Waals surface area contributed by atoms with Gasteiger partial charge in [-0.1, -0.05) is 42.5 Å². The quantitative estimate of drug-likeness (QED) is 0.0801. The van der Waals surface area contributed by atoms with Gasteiger partial charge in [-0.3, -0.25) is 0 Å². The predicted molar refractivity (Wildman–Crippen MR) is 200 cm³/mol. The van der Waals surface area contributed by atoms with E-state index in [1.807, 2.05) is 48.5 Å². The Morgan fingerprint density at radius 2 is 1.51 bits per heavy atom. The van der Waals surface area contributed by atoms with Crippen molar-refractivity contribution < 1.29 is 42.9 Å². The van der Waals surface area contributed by atoms with E-state index in [0.29, 0.717) is 20.4 Å². The van der Waals surface area contributed by atoms with Crippen molar-refractivity contribution in [1.29, 1.82) is 0 Å². The highest BCUT2D eigenvalue weighted by atomic mass is 127. The molecule has 0 unspecified atom stereocenters. The second kappa shape index (κ2) is 16.5. The molecule has 0 fully saturated rings. The summed E-state index contributed by atoms with van der Waals surface area (Å²) >= 11 is 2.11. The van der Waals surface area contributed by atoms with Gasteiger partial charge in [0, 0.05) is 29.1 Å². The van der Waals surface area contributed by atoms with Crippen molar-refractivity contribution in [3.63, 3.8) is 0 Å². The largest absolute Gasteiger partial charge is 0.495 e.